The summed E-state index contributed by atoms with van der Waals surface area (Å²) in [5, 5.41) is 0. The summed E-state index contributed by atoms with van der Waals surface area (Å²) in [4.78, 5) is 9.00. The summed E-state index contributed by atoms with van der Waals surface area (Å²) in [5.41, 5.74) is 0.0417. The molecule has 0 aromatic rings. The molecule has 8 heavy (non-hydrogen) atoms. The minimum absolute atomic E-state index is 0.0417. The van der Waals surface area contributed by atoms with Gasteiger partial charge in [0, 0.05) is 14.2 Å². The van der Waals surface area contributed by atoms with Crippen molar-refractivity contribution in [1.82, 2.24) is 0 Å². The van der Waals surface area contributed by atoms with Crippen LogP contribution in [0.25, 0.3) is 0 Å². The highest BCUT2D eigenvalue weighted by molar-refractivity contribution is 6.67. The predicted octanol–water partition coefficient (Wildman–Crippen LogP) is -0.0116. The molecular weight excluding hydrogens is 148 g/mol. The Morgan fingerprint density at radius 2 is 1.88 bits per heavy atom. The molecule has 5 heteroatoms. The zero-order chi connectivity index (χ0) is 6.62. The second kappa shape index (κ2) is 3.42. The fraction of sp³-hybridized carbons (Fsp3) is 1.00. The molecule has 0 atom stereocenters. The van der Waals surface area contributed by atoms with Gasteiger partial charge in [-0.3, -0.25) is 0 Å². The summed E-state index contributed by atoms with van der Waals surface area (Å²) in [6.45, 7) is 0. The number of rotatable bonds is 3. The van der Waals surface area contributed by atoms with E-state index in [9.17, 15) is 0 Å². The van der Waals surface area contributed by atoms with E-state index in [0.29, 0.717) is 0 Å². The van der Waals surface area contributed by atoms with E-state index in [0.717, 1.165) is 0 Å². The molecule has 0 aromatic heterocycles. The molecule has 50 valence electrons. The molecule has 0 aliphatic heterocycles. The van der Waals surface area contributed by atoms with Gasteiger partial charge in [-0.15, -0.1) is 11.6 Å². The van der Waals surface area contributed by atoms with Crippen molar-refractivity contribution in [3.63, 3.8) is 0 Å². The number of hydrogen-bond donors (Lipinski definition) is 1. The Bertz CT molecular complexity index is 57.3. The minimum Gasteiger partial charge on any atom is -0.389 e. The lowest BCUT2D eigenvalue weighted by Gasteiger charge is -2.15. The molecule has 0 unspecified atom stereocenters. The molecule has 0 heterocycles. The van der Waals surface area contributed by atoms with Gasteiger partial charge < -0.3 is 13.6 Å². The highest BCUT2D eigenvalue weighted by atomic mass is 35.5. The lowest BCUT2D eigenvalue weighted by molar-refractivity contribution is 0.158. The average molecular weight is 157 g/mol. The van der Waals surface area contributed by atoms with Crippen LogP contribution >= 0.6 is 11.6 Å². The summed E-state index contributed by atoms with van der Waals surface area (Å²) in [6.07, 6.45) is 0. The molecule has 0 aromatic carbocycles. The SMILES string of the molecule is CO[Si](O)(CCl)OC. The maximum atomic E-state index is 9.00. The first-order valence-electron chi connectivity index (χ1n) is 2.07. The molecule has 0 amide bonds. The zero-order valence-electron chi connectivity index (χ0n) is 4.85. The number of hydrogen-bond acceptors (Lipinski definition) is 3. The monoisotopic (exact) mass is 156 g/mol. The third kappa shape index (κ3) is 2.10. The number of halogens is 1. The molecule has 0 bridgehead atoms. The van der Waals surface area contributed by atoms with E-state index in [2.05, 4.69) is 8.85 Å². The Morgan fingerprint density at radius 1 is 1.50 bits per heavy atom. The predicted molar refractivity (Wildman–Crippen MR) is 32.7 cm³/mol. The first-order chi connectivity index (χ1) is 3.68. The van der Waals surface area contributed by atoms with Crippen molar-refractivity contribution in [2.45, 2.75) is 0 Å². The van der Waals surface area contributed by atoms with E-state index in [1.165, 1.54) is 14.2 Å². The first-order valence-corrected chi connectivity index (χ1v) is 4.57. The quantitative estimate of drug-likeness (QED) is 0.462. The lowest BCUT2D eigenvalue weighted by Crippen LogP contribution is -2.42. The average Bonchev–Trinajstić information content (AvgIpc) is 1.87. The molecule has 0 saturated heterocycles. The van der Waals surface area contributed by atoms with Crippen molar-refractivity contribution in [3.8, 4) is 0 Å². The van der Waals surface area contributed by atoms with Crippen LogP contribution in [0.3, 0.4) is 0 Å². The van der Waals surface area contributed by atoms with Crippen LogP contribution in [0, 0.1) is 0 Å². The molecule has 3 nitrogen and oxygen atoms in total. The van der Waals surface area contributed by atoms with Gasteiger partial charge in [-0.25, -0.2) is 0 Å². The van der Waals surface area contributed by atoms with Crippen molar-refractivity contribution >= 4 is 20.4 Å². The fourth-order valence-corrected chi connectivity index (χ4v) is 1.23. The second-order valence-corrected chi connectivity index (χ2v) is 4.57. The minimum atomic E-state index is -2.91. The van der Waals surface area contributed by atoms with Crippen LogP contribution in [0.4, 0.5) is 0 Å². The summed E-state index contributed by atoms with van der Waals surface area (Å²) in [6, 6.07) is 0. The molecule has 0 rings (SSSR count). The van der Waals surface area contributed by atoms with Crippen LogP contribution in [-0.2, 0) is 8.85 Å². The lowest BCUT2D eigenvalue weighted by atomic mass is 11.8. The van der Waals surface area contributed by atoms with Crippen molar-refractivity contribution in [3.05, 3.63) is 0 Å². The third-order valence-electron chi connectivity index (χ3n) is 0.807. The van der Waals surface area contributed by atoms with E-state index in [4.69, 9.17) is 16.4 Å². The van der Waals surface area contributed by atoms with Crippen LogP contribution in [0.15, 0.2) is 0 Å². The normalized spacial score (nSPS) is 12.0. The molecule has 1 N–H and O–H groups in total. The van der Waals surface area contributed by atoms with Crippen LogP contribution in [0.1, 0.15) is 0 Å². The van der Waals surface area contributed by atoms with Crippen LogP contribution in [0.5, 0.6) is 0 Å². The van der Waals surface area contributed by atoms with E-state index in [1.54, 1.807) is 0 Å². The summed E-state index contributed by atoms with van der Waals surface area (Å²) in [7, 11) is -0.160. The summed E-state index contributed by atoms with van der Waals surface area (Å²) >= 11 is 5.27. The van der Waals surface area contributed by atoms with Gasteiger partial charge in [0.1, 0.15) is 0 Å². The Morgan fingerprint density at radius 3 is 1.88 bits per heavy atom. The number of alkyl halides is 1. The van der Waals surface area contributed by atoms with Gasteiger partial charge in [0.15, 0.2) is 0 Å². The molecule has 0 aliphatic rings. The Labute approximate surface area is 54.5 Å². The standard InChI is InChI=1S/C3H9ClO3Si/c1-6-8(5,3-4)7-2/h5H,3H2,1-2H3. The van der Waals surface area contributed by atoms with Crippen molar-refractivity contribution in [2.24, 2.45) is 0 Å². The van der Waals surface area contributed by atoms with Gasteiger partial charge in [-0.05, 0) is 0 Å². The van der Waals surface area contributed by atoms with Crippen LogP contribution < -0.4 is 0 Å². The smallest absolute Gasteiger partial charge is 0.389 e. The summed E-state index contributed by atoms with van der Waals surface area (Å²) < 4.78 is 9.15. The van der Waals surface area contributed by atoms with Gasteiger partial charge in [0.2, 0.25) is 0 Å². The van der Waals surface area contributed by atoms with Gasteiger partial charge >= 0.3 is 8.80 Å². The molecule has 0 radical (unpaired) electrons. The molecule has 0 fully saturated rings. The molecule has 0 spiro atoms. The van der Waals surface area contributed by atoms with Crippen LogP contribution in [0.2, 0.25) is 0 Å². The zero-order valence-corrected chi connectivity index (χ0v) is 6.60. The second-order valence-electron chi connectivity index (χ2n) is 1.25. The Kier molecular flexibility index (Phi) is 3.59. The highest BCUT2D eigenvalue weighted by Crippen LogP contribution is 2.00. The van der Waals surface area contributed by atoms with Crippen molar-refractivity contribution in [2.75, 3.05) is 19.7 Å². The van der Waals surface area contributed by atoms with E-state index in [-0.39, 0.29) is 5.50 Å². The van der Waals surface area contributed by atoms with Crippen LogP contribution in [-0.4, -0.2) is 33.3 Å². The Hall–Kier alpha value is 0.387. The van der Waals surface area contributed by atoms with Crippen molar-refractivity contribution in [1.29, 1.82) is 0 Å². The maximum absolute atomic E-state index is 9.00. The highest BCUT2D eigenvalue weighted by Gasteiger charge is 2.32. The van der Waals surface area contributed by atoms with Gasteiger partial charge in [0.25, 0.3) is 0 Å². The molecular formula is C3H9ClO3Si. The van der Waals surface area contributed by atoms with E-state index in [1.807, 2.05) is 0 Å². The first kappa shape index (κ1) is 8.39. The molecule has 0 saturated carbocycles. The van der Waals surface area contributed by atoms with Gasteiger partial charge in [-0.2, -0.15) is 0 Å². The summed E-state index contributed by atoms with van der Waals surface area (Å²) in [5.74, 6) is 0. The maximum Gasteiger partial charge on any atom is 0.513 e. The molecule has 0 aliphatic carbocycles. The largest absolute Gasteiger partial charge is 0.513 e. The van der Waals surface area contributed by atoms with Gasteiger partial charge in [0.05, 0.1) is 5.50 Å². The van der Waals surface area contributed by atoms with Gasteiger partial charge in [-0.1, -0.05) is 0 Å². The van der Waals surface area contributed by atoms with E-state index < -0.39 is 8.80 Å². The van der Waals surface area contributed by atoms with E-state index >= 15 is 0 Å². The third-order valence-corrected chi connectivity index (χ3v) is 3.43. The van der Waals surface area contributed by atoms with Crippen molar-refractivity contribution < 1.29 is 13.6 Å². The topological polar surface area (TPSA) is 38.7 Å². The fourth-order valence-electron chi connectivity index (χ4n) is 0.192. The Balaban J connectivity index is 3.58.